The second-order valence-electron chi connectivity index (χ2n) is 25.6. The van der Waals surface area contributed by atoms with Crippen LogP contribution in [0.2, 0.25) is 0 Å². The molecule has 29 heteroatoms. The van der Waals surface area contributed by atoms with Gasteiger partial charge in [-0.15, -0.1) is 0 Å². The number of imidazole rings is 1. The van der Waals surface area contributed by atoms with Crippen LogP contribution in [0.15, 0.2) is 110 Å². The van der Waals surface area contributed by atoms with Gasteiger partial charge in [0.2, 0.25) is 53.2 Å². The molecule has 0 spiro atoms. The SMILES string of the molecule is CCCCCC[C@@H]1NC(=O)CCSCc2cccc(c2)CSCCNC(=O)[C@]2(C)CCCN2C(=O)[C@H](Cc2ccc(OC)cc2)NC(=O)[C@H](Cc2ncc[nH]2)NC(=O)[C@H](CC(=O)O)NC(=O)[C@H](Cc2c[nH]c3ccc(F)cc23)NC(=O)[C@H](Cc2c[nH]c3ccc(F)cc23)NC(=O)[C@@H](C)NC1=O. The fourth-order valence-corrected chi connectivity index (χ4v) is 14.2. The zero-order valence-corrected chi connectivity index (χ0v) is 58.4. The number of benzene rings is 4. The summed E-state index contributed by atoms with van der Waals surface area (Å²) in [6.07, 6.45) is 7.71. The summed E-state index contributed by atoms with van der Waals surface area (Å²) in [7, 11) is 1.49. The number of carboxylic acids is 1. The van der Waals surface area contributed by atoms with Crippen molar-refractivity contribution in [2.45, 2.75) is 164 Å². The summed E-state index contributed by atoms with van der Waals surface area (Å²) in [4.78, 5) is 160. The molecule has 538 valence electrons. The Labute approximate surface area is 591 Å². The minimum Gasteiger partial charge on any atom is -0.497 e. The molecule has 0 aliphatic carbocycles. The number of hydrogen-bond donors (Lipinski definition) is 12. The maximum absolute atomic E-state index is 15.2. The predicted molar refractivity (Wildman–Crippen MR) is 379 cm³/mol. The summed E-state index contributed by atoms with van der Waals surface area (Å²) in [5.41, 5.74) is 2.83. The largest absolute Gasteiger partial charge is 0.497 e. The molecule has 0 unspecified atom stereocenters. The number of hydrogen-bond acceptors (Lipinski definition) is 14. The van der Waals surface area contributed by atoms with E-state index in [0.29, 0.717) is 75.6 Å². The lowest BCUT2D eigenvalue weighted by Crippen LogP contribution is -2.62. The second kappa shape index (κ2) is 36.0. The number of H-pyrrole nitrogens is 3. The van der Waals surface area contributed by atoms with Crippen LogP contribution in [-0.4, -0.2) is 169 Å². The van der Waals surface area contributed by atoms with Crippen LogP contribution in [0.25, 0.3) is 21.8 Å². The second-order valence-corrected chi connectivity index (χ2v) is 27.8. The summed E-state index contributed by atoms with van der Waals surface area (Å²) in [5, 5.41) is 32.9. The number of fused-ring (bicyclic) bond motifs is 5. The lowest BCUT2D eigenvalue weighted by atomic mass is 9.95. The molecule has 0 saturated carbocycles. The van der Waals surface area contributed by atoms with Gasteiger partial charge in [-0.25, -0.2) is 13.8 Å². The summed E-state index contributed by atoms with van der Waals surface area (Å²) < 4.78 is 35.3. The van der Waals surface area contributed by atoms with E-state index in [1.807, 2.05) is 25.1 Å². The first-order valence-electron chi connectivity index (χ1n) is 33.9. The van der Waals surface area contributed by atoms with Gasteiger partial charge in [-0.05, 0) is 109 Å². The van der Waals surface area contributed by atoms with Gasteiger partial charge < -0.3 is 72.2 Å². The first-order valence-corrected chi connectivity index (χ1v) is 36.2. The van der Waals surface area contributed by atoms with Gasteiger partial charge in [0.1, 0.15) is 71.0 Å². The third-order valence-corrected chi connectivity index (χ3v) is 20.1. The third-order valence-electron chi connectivity index (χ3n) is 18.1. The minimum atomic E-state index is -2.00. The third kappa shape index (κ3) is 20.9. The van der Waals surface area contributed by atoms with E-state index < -0.39 is 126 Å². The van der Waals surface area contributed by atoms with E-state index in [1.165, 1.54) is 80.1 Å². The van der Waals surface area contributed by atoms with Crippen LogP contribution in [0, 0.1) is 11.6 Å². The predicted octanol–water partition coefficient (Wildman–Crippen LogP) is 5.86. The van der Waals surface area contributed by atoms with Gasteiger partial charge >= 0.3 is 5.97 Å². The fourth-order valence-electron chi connectivity index (χ4n) is 12.5. The molecule has 5 heterocycles. The zero-order chi connectivity index (χ0) is 72.2. The van der Waals surface area contributed by atoms with Gasteiger partial charge in [-0.3, -0.25) is 47.9 Å². The molecule has 101 heavy (non-hydrogen) atoms. The summed E-state index contributed by atoms with van der Waals surface area (Å²) in [6, 6.07) is 11.8. The van der Waals surface area contributed by atoms with E-state index in [1.54, 1.807) is 54.7 Å². The molecule has 3 aromatic heterocycles. The van der Waals surface area contributed by atoms with E-state index in [2.05, 4.69) is 68.5 Å². The number of halogens is 2. The minimum absolute atomic E-state index is 0.0810. The highest BCUT2D eigenvalue weighted by Crippen LogP contribution is 2.31. The van der Waals surface area contributed by atoms with E-state index in [-0.39, 0.29) is 67.9 Å². The van der Waals surface area contributed by atoms with Crippen LogP contribution in [0.5, 0.6) is 5.75 Å². The first-order chi connectivity index (χ1) is 48.6. The van der Waals surface area contributed by atoms with Crippen molar-refractivity contribution in [3.05, 3.63) is 155 Å². The highest BCUT2D eigenvalue weighted by molar-refractivity contribution is 7.98. The Bertz CT molecular complexity index is 4080. The number of ether oxygens (including phenoxy) is 1. The van der Waals surface area contributed by atoms with Crippen molar-refractivity contribution in [1.29, 1.82) is 0 Å². The van der Waals surface area contributed by atoms with Gasteiger partial charge in [0, 0.05) is 115 Å². The van der Waals surface area contributed by atoms with E-state index in [9.17, 15) is 38.3 Å². The van der Waals surface area contributed by atoms with Crippen LogP contribution in [0.4, 0.5) is 8.78 Å². The number of carboxylic acid groups (broad SMARTS) is 1. The Kier molecular flexibility index (Phi) is 26.9. The van der Waals surface area contributed by atoms with Crippen molar-refractivity contribution in [1.82, 2.24) is 67.4 Å². The highest BCUT2D eigenvalue weighted by Gasteiger charge is 2.48. The Hall–Kier alpha value is -9.77. The van der Waals surface area contributed by atoms with Gasteiger partial charge in [0.15, 0.2) is 0 Å². The highest BCUT2D eigenvalue weighted by atomic mass is 32.2. The number of unbranched alkanes of at least 4 members (excludes halogenated alkanes) is 3. The summed E-state index contributed by atoms with van der Waals surface area (Å²) in [5.74, 6) is -7.20. The topological polar surface area (TPSA) is 360 Å². The number of thioether (sulfide) groups is 2. The van der Waals surface area contributed by atoms with Gasteiger partial charge in [-0.1, -0.05) is 69.0 Å². The van der Waals surface area contributed by atoms with E-state index >= 15 is 23.6 Å². The molecule has 1 fully saturated rings. The van der Waals surface area contributed by atoms with Crippen LogP contribution >= 0.6 is 23.5 Å². The molecule has 9 amide bonds. The molecule has 7 aromatic rings. The lowest BCUT2D eigenvalue weighted by Gasteiger charge is -2.36. The van der Waals surface area contributed by atoms with Crippen LogP contribution in [0.1, 0.15) is 112 Å². The van der Waals surface area contributed by atoms with Crippen LogP contribution < -0.4 is 47.3 Å². The number of nitrogens with one attached hydrogen (secondary N) is 11. The molecule has 8 atom stereocenters. The van der Waals surface area contributed by atoms with Crippen molar-refractivity contribution in [3.8, 4) is 5.75 Å². The Balaban J connectivity index is 1.05. The van der Waals surface area contributed by atoms with Gasteiger partial charge in [0.25, 0.3) is 0 Å². The molecule has 1 saturated heterocycles. The maximum atomic E-state index is 15.2. The number of carbonyl (C=O) groups excluding carboxylic acids is 9. The molecule has 9 rings (SSSR count). The van der Waals surface area contributed by atoms with Crippen molar-refractivity contribution in [2.75, 3.05) is 31.7 Å². The average molecular weight is 1430 g/mol. The number of aromatic nitrogens is 4. The molecule has 25 nitrogen and oxygen atoms in total. The lowest BCUT2D eigenvalue weighted by molar-refractivity contribution is -0.146. The molecule has 2 bridgehead atoms. The summed E-state index contributed by atoms with van der Waals surface area (Å²) in [6.45, 7) is 5.53. The molecular formula is C72H87F2N13O12S2. The van der Waals surface area contributed by atoms with E-state index in [0.717, 1.165) is 30.4 Å². The smallest absolute Gasteiger partial charge is 0.305 e. The number of aromatic amines is 3. The standard InChI is InChI=1S/C72H87F2N13O12S2/c1-5-6-7-8-13-55-65(92)80-42(2)64(91)82-56(32-46-38-78-53-20-16-48(73)34-51(46)53)66(93)83-57(33-47-39-79-54-21-17-49(74)35-52(47)54)67(94)85-59(37-63(89)90)69(96)84-58(36-61-75-24-25-76-61)68(95)86-60(31-43-14-18-50(99-4)19-15-43)70(97)87-27-10-23-72(87,3)71(98)77-26-29-101-41-45-12-9-11-44(30-45)40-100-28-22-62(88)81-55/h9,11-12,14-21,24-25,30,34-35,38-39,42,55-60,78-79H,5-8,10,13,22-23,26-29,31-33,36-37,40-41H2,1-4H3,(H,75,76)(H,77,98)(H,80,92)(H,81,88)(H,82,91)(H,83,93)(H,84,96)(H,85,94)(H,86,95)(H,89,90)/t42-,55+,56+,57+,58+,59+,60+,72+/m1/s1. The number of nitrogens with zero attached hydrogens (tertiary/aromatic N) is 2. The van der Waals surface area contributed by atoms with Crippen molar-refractivity contribution >= 4 is 104 Å². The molecule has 2 aliphatic heterocycles. The van der Waals surface area contributed by atoms with Crippen LogP contribution in [-0.2, 0) is 85.1 Å². The Morgan fingerprint density at radius 1 is 0.644 bits per heavy atom. The van der Waals surface area contributed by atoms with Crippen LogP contribution in [0.3, 0.4) is 0 Å². The normalized spacial score (nSPS) is 22.7. The number of amides is 9. The molecule has 0 radical (unpaired) electrons. The number of aliphatic carboxylic acids is 1. The van der Waals surface area contributed by atoms with Crippen molar-refractivity contribution < 1.29 is 66.6 Å². The number of methoxy groups -OCH3 is 1. The maximum Gasteiger partial charge on any atom is 0.305 e. The van der Waals surface area contributed by atoms with E-state index in [4.69, 9.17) is 4.74 Å². The monoisotopic (exact) mass is 1430 g/mol. The fraction of sp³-hybridized carbons (Fsp3) is 0.431. The van der Waals surface area contributed by atoms with Crippen molar-refractivity contribution in [2.24, 2.45) is 0 Å². The Morgan fingerprint density at radius 3 is 1.81 bits per heavy atom. The first kappa shape index (κ1) is 75.4. The van der Waals surface area contributed by atoms with Crippen molar-refractivity contribution in [3.63, 3.8) is 0 Å². The zero-order valence-electron chi connectivity index (χ0n) is 56.8. The quantitative estimate of drug-likeness (QED) is 0.0505. The number of rotatable bonds is 16. The molecule has 2 aliphatic rings. The Morgan fingerprint density at radius 2 is 1.22 bits per heavy atom. The molecule has 12 N–H and O–H groups in total. The molecule has 4 aromatic carbocycles. The summed E-state index contributed by atoms with van der Waals surface area (Å²) >= 11 is 3.15. The average Bonchev–Trinajstić information content (AvgIpc) is 1.67. The molecular weight excluding hydrogens is 1340 g/mol. The number of carbonyl (C=O) groups is 10. The van der Waals surface area contributed by atoms with Gasteiger partial charge in [-0.2, -0.15) is 23.5 Å². The van der Waals surface area contributed by atoms with Gasteiger partial charge in [0.05, 0.1) is 13.5 Å².